The Bertz CT molecular complexity index is 832. The summed E-state index contributed by atoms with van der Waals surface area (Å²) in [7, 11) is 0. The number of rotatable bonds is 5. The molecule has 3 aromatic rings. The van der Waals surface area contributed by atoms with Crippen molar-refractivity contribution in [3.63, 3.8) is 0 Å². The Balaban J connectivity index is 1.71. The van der Waals surface area contributed by atoms with Crippen LogP contribution in [-0.4, -0.2) is 5.11 Å². The van der Waals surface area contributed by atoms with Gasteiger partial charge >= 0.3 is 0 Å². The summed E-state index contributed by atoms with van der Waals surface area (Å²) in [6.07, 6.45) is 0. The van der Waals surface area contributed by atoms with Gasteiger partial charge in [0.2, 0.25) is 0 Å². The summed E-state index contributed by atoms with van der Waals surface area (Å²) in [5.74, 6) is -0.351. The molecule has 2 nitrogen and oxygen atoms in total. The van der Waals surface area contributed by atoms with Crippen LogP contribution in [0.3, 0.4) is 0 Å². The summed E-state index contributed by atoms with van der Waals surface area (Å²) >= 11 is 11.2. The molecule has 0 unspecified atom stereocenters. The van der Waals surface area contributed by atoms with Gasteiger partial charge in [0.1, 0.15) is 5.82 Å². The lowest BCUT2D eigenvalue weighted by atomic mass is 9.99. The maximum absolute atomic E-state index is 13.9. The van der Waals surface area contributed by atoms with E-state index in [0.29, 0.717) is 15.7 Å². The number of hydrogen-bond donors (Lipinski definition) is 2. The van der Waals surface area contributed by atoms with Gasteiger partial charge in [-0.05, 0) is 35.5 Å². The average molecular weight is 385 g/mol. The largest absolute Gasteiger partial charge is 0.359 e. The van der Waals surface area contributed by atoms with E-state index in [-0.39, 0.29) is 18.4 Å². The number of nitrogens with one attached hydrogen (secondary N) is 2. The summed E-state index contributed by atoms with van der Waals surface area (Å²) in [6.45, 7) is 0.283. The number of halogens is 2. The van der Waals surface area contributed by atoms with Gasteiger partial charge in [-0.3, -0.25) is 0 Å². The third-order valence-electron chi connectivity index (χ3n) is 4.00. The summed E-state index contributed by atoms with van der Waals surface area (Å²) in [5.41, 5.74) is 2.70. The van der Waals surface area contributed by atoms with Crippen LogP contribution >= 0.6 is 23.8 Å². The van der Waals surface area contributed by atoms with E-state index in [4.69, 9.17) is 23.8 Å². The van der Waals surface area contributed by atoms with E-state index in [1.165, 1.54) is 6.07 Å². The molecule has 0 amide bonds. The molecule has 0 heterocycles. The third-order valence-corrected chi connectivity index (χ3v) is 4.49. The highest BCUT2D eigenvalue weighted by molar-refractivity contribution is 7.80. The summed E-state index contributed by atoms with van der Waals surface area (Å²) in [5, 5.41) is 7.22. The second kappa shape index (κ2) is 8.79. The quantitative estimate of drug-likeness (QED) is 0.589. The van der Waals surface area contributed by atoms with Crippen molar-refractivity contribution in [3.8, 4) is 0 Å². The van der Waals surface area contributed by atoms with E-state index in [0.717, 1.165) is 11.1 Å². The molecule has 0 aliphatic heterocycles. The molecule has 3 rings (SSSR count). The number of hydrogen-bond acceptors (Lipinski definition) is 1. The maximum Gasteiger partial charge on any atom is 0.167 e. The molecule has 0 bridgehead atoms. The number of thiocarbonyl (C=S) groups is 1. The fourth-order valence-corrected chi connectivity index (χ4v) is 3.02. The normalized spacial score (nSPS) is 10.6. The molecule has 0 radical (unpaired) electrons. The van der Waals surface area contributed by atoms with Crippen LogP contribution in [0.15, 0.2) is 78.9 Å². The van der Waals surface area contributed by atoms with Gasteiger partial charge in [-0.15, -0.1) is 0 Å². The molecule has 0 aliphatic carbocycles. The molecule has 26 heavy (non-hydrogen) atoms. The van der Waals surface area contributed by atoms with E-state index in [2.05, 4.69) is 10.6 Å². The van der Waals surface area contributed by atoms with Crippen LogP contribution in [0.5, 0.6) is 0 Å². The van der Waals surface area contributed by atoms with Crippen molar-refractivity contribution < 1.29 is 4.39 Å². The van der Waals surface area contributed by atoms with E-state index >= 15 is 0 Å². The predicted octanol–water partition coefficient (Wildman–Crippen LogP) is 5.23. The predicted molar refractivity (Wildman–Crippen MR) is 109 cm³/mol. The topological polar surface area (TPSA) is 24.1 Å². The minimum Gasteiger partial charge on any atom is -0.359 e. The molecular weight excluding hydrogens is 367 g/mol. The van der Waals surface area contributed by atoms with E-state index in [9.17, 15) is 4.39 Å². The van der Waals surface area contributed by atoms with Gasteiger partial charge in [-0.1, -0.05) is 78.3 Å². The van der Waals surface area contributed by atoms with Crippen LogP contribution < -0.4 is 10.6 Å². The summed E-state index contributed by atoms with van der Waals surface area (Å²) in [4.78, 5) is 0. The van der Waals surface area contributed by atoms with Crippen LogP contribution in [0.2, 0.25) is 5.02 Å². The lowest BCUT2D eigenvalue weighted by Crippen LogP contribution is -2.38. The second-order valence-corrected chi connectivity index (χ2v) is 6.66. The molecule has 132 valence electrons. The Hall–Kier alpha value is -2.43. The van der Waals surface area contributed by atoms with Crippen molar-refractivity contribution in [1.82, 2.24) is 10.6 Å². The molecule has 0 fully saturated rings. The van der Waals surface area contributed by atoms with E-state index < -0.39 is 0 Å². The monoisotopic (exact) mass is 384 g/mol. The Kier molecular flexibility index (Phi) is 6.21. The molecule has 2 N–H and O–H groups in total. The first-order valence-corrected chi connectivity index (χ1v) is 9.00. The fourth-order valence-electron chi connectivity index (χ4n) is 2.67. The van der Waals surface area contributed by atoms with Gasteiger partial charge < -0.3 is 10.6 Å². The van der Waals surface area contributed by atoms with Gasteiger partial charge in [-0.2, -0.15) is 0 Å². The minimum atomic E-state index is -0.351. The van der Waals surface area contributed by atoms with Crippen molar-refractivity contribution >= 4 is 28.9 Å². The van der Waals surface area contributed by atoms with Crippen LogP contribution in [0.25, 0.3) is 0 Å². The Labute approximate surface area is 163 Å². The van der Waals surface area contributed by atoms with Crippen LogP contribution in [-0.2, 0) is 6.54 Å². The smallest absolute Gasteiger partial charge is 0.167 e. The molecule has 0 aromatic heterocycles. The Morgan fingerprint density at radius 3 is 2.04 bits per heavy atom. The summed E-state index contributed by atoms with van der Waals surface area (Å²) in [6, 6.07) is 24.6. The third kappa shape index (κ3) is 4.81. The molecule has 0 saturated heterocycles. The van der Waals surface area contributed by atoms with Gasteiger partial charge in [0.15, 0.2) is 5.11 Å². The van der Waals surface area contributed by atoms with E-state index in [1.54, 1.807) is 12.1 Å². The minimum absolute atomic E-state index is 0.0903. The first kappa shape index (κ1) is 18.4. The zero-order valence-electron chi connectivity index (χ0n) is 14.0. The molecule has 0 spiro atoms. The average Bonchev–Trinajstić information content (AvgIpc) is 2.67. The van der Waals surface area contributed by atoms with Gasteiger partial charge in [0.05, 0.1) is 6.04 Å². The number of benzene rings is 3. The zero-order chi connectivity index (χ0) is 18.4. The lowest BCUT2D eigenvalue weighted by molar-refractivity contribution is 0.604. The van der Waals surface area contributed by atoms with Crippen molar-refractivity contribution in [2.45, 2.75) is 12.6 Å². The maximum atomic E-state index is 13.9. The molecule has 0 aliphatic rings. The second-order valence-electron chi connectivity index (χ2n) is 5.82. The highest BCUT2D eigenvalue weighted by Crippen LogP contribution is 2.21. The van der Waals surface area contributed by atoms with Crippen LogP contribution in [0.1, 0.15) is 22.7 Å². The zero-order valence-corrected chi connectivity index (χ0v) is 15.5. The molecule has 5 heteroatoms. The van der Waals surface area contributed by atoms with Crippen molar-refractivity contribution in [1.29, 1.82) is 0 Å². The van der Waals surface area contributed by atoms with E-state index in [1.807, 2.05) is 60.7 Å². The van der Waals surface area contributed by atoms with Gasteiger partial charge in [-0.25, -0.2) is 4.39 Å². The Morgan fingerprint density at radius 2 is 1.50 bits per heavy atom. The highest BCUT2D eigenvalue weighted by atomic mass is 35.5. The van der Waals surface area contributed by atoms with Crippen LogP contribution in [0, 0.1) is 5.82 Å². The fraction of sp³-hybridized carbons (Fsp3) is 0.0952. The van der Waals surface area contributed by atoms with Gasteiger partial charge in [0, 0.05) is 17.1 Å². The standard InChI is InChI=1S/C21H18ClFN2S/c22-18-12-11-17(19(23)13-18)14-24-21(26)25-20(15-7-3-1-4-8-15)16-9-5-2-6-10-16/h1-13,20H,14H2,(H2,24,25,26). The summed E-state index contributed by atoms with van der Waals surface area (Å²) < 4.78 is 13.9. The first-order chi connectivity index (χ1) is 12.6. The van der Waals surface area contributed by atoms with Crippen molar-refractivity contribution in [2.75, 3.05) is 0 Å². The van der Waals surface area contributed by atoms with Crippen molar-refractivity contribution in [3.05, 3.63) is 106 Å². The highest BCUT2D eigenvalue weighted by Gasteiger charge is 2.15. The SMILES string of the molecule is Fc1cc(Cl)ccc1CNC(=S)NC(c1ccccc1)c1ccccc1. The first-order valence-electron chi connectivity index (χ1n) is 8.21. The molecule has 3 aromatic carbocycles. The molecule has 0 atom stereocenters. The molecule has 0 saturated carbocycles. The Morgan fingerprint density at radius 1 is 0.923 bits per heavy atom. The molecular formula is C21H18ClFN2S. The van der Waals surface area contributed by atoms with Gasteiger partial charge in [0.25, 0.3) is 0 Å². The van der Waals surface area contributed by atoms with Crippen LogP contribution in [0.4, 0.5) is 4.39 Å². The van der Waals surface area contributed by atoms with Crippen molar-refractivity contribution in [2.24, 2.45) is 0 Å². The lowest BCUT2D eigenvalue weighted by Gasteiger charge is -2.22.